The molecule has 1 saturated carbocycles. The molecule has 0 spiro atoms. The molecule has 0 radical (unpaired) electrons. The normalized spacial score (nSPS) is 18.8. The molecule has 0 aliphatic heterocycles. The first-order valence-corrected chi connectivity index (χ1v) is 5.73. The molecule has 1 aliphatic carbocycles. The van der Waals surface area contributed by atoms with Crippen LogP contribution in [0.25, 0.3) is 0 Å². The summed E-state index contributed by atoms with van der Waals surface area (Å²) >= 11 is 3.37. The van der Waals surface area contributed by atoms with Gasteiger partial charge >= 0.3 is 0 Å². The summed E-state index contributed by atoms with van der Waals surface area (Å²) in [5.41, 5.74) is 0. The fraction of sp³-hybridized carbons (Fsp3) is 0.889. The Morgan fingerprint density at radius 2 is 2.33 bits per heavy atom. The van der Waals surface area contributed by atoms with Gasteiger partial charge in [-0.1, -0.05) is 22.9 Å². The Morgan fingerprint density at radius 1 is 1.67 bits per heavy atom. The van der Waals surface area contributed by atoms with E-state index in [2.05, 4.69) is 28.2 Å². The number of halogens is 1. The van der Waals surface area contributed by atoms with Crippen molar-refractivity contribution in [1.29, 1.82) is 0 Å². The van der Waals surface area contributed by atoms with Crippen molar-refractivity contribution in [2.45, 2.75) is 38.6 Å². The lowest BCUT2D eigenvalue weighted by Gasteiger charge is -2.13. The third kappa shape index (κ3) is 3.57. The van der Waals surface area contributed by atoms with Gasteiger partial charge in [0.05, 0.1) is 0 Å². The molecule has 0 bridgehead atoms. The van der Waals surface area contributed by atoms with Crippen molar-refractivity contribution in [1.82, 2.24) is 5.32 Å². The predicted molar refractivity (Wildman–Crippen MR) is 53.4 cm³/mol. The zero-order chi connectivity index (χ0) is 8.97. The van der Waals surface area contributed by atoms with Crippen molar-refractivity contribution >= 4 is 21.8 Å². The molecule has 1 aliphatic rings. The van der Waals surface area contributed by atoms with E-state index in [0.29, 0.717) is 12.0 Å². The van der Waals surface area contributed by atoms with Gasteiger partial charge in [-0.3, -0.25) is 4.79 Å². The molecule has 1 rings (SSSR count). The first kappa shape index (κ1) is 10.0. The highest BCUT2D eigenvalue weighted by molar-refractivity contribution is 9.09. The van der Waals surface area contributed by atoms with Crippen LogP contribution in [0.15, 0.2) is 0 Å². The number of alkyl halides is 1. The summed E-state index contributed by atoms with van der Waals surface area (Å²) in [6.07, 6.45) is 4.24. The van der Waals surface area contributed by atoms with Crippen LogP contribution in [0.2, 0.25) is 0 Å². The molecule has 0 aromatic heterocycles. The molecule has 2 nitrogen and oxygen atoms in total. The summed E-state index contributed by atoms with van der Waals surface area (Å²) < 4.78 is 0. The maximum Gasteiger partial charge on any atom is 0.220 e. The second-order valence-corrected chi connectivity index (χ2v) is 4.12. The fourth-order valence-electron chi connectivity index (χ4n) is 1.12. The van der Waals surface area contributed by atoms with Crippen molar-refractivity contribution < 1.29 is 4.79 Å². The first-order valence-electron chi connectivity index (χ1n) is 4.61. The van der Waals surface area contributed by atoms with Crippen molar-refractivity contribution in [3.8, 4) is 0 Å². The molecular formula is C9H16BrNO. The second-order valence-electron chi connectivity index (χ2n) is 3.47. The Balaban J connectivity index is 2.13. The van der Waals surface area contributed by atoms with E-state index in [9.17, 15) is 4.79 Å². The van der Waals surface area contributed by atoms with Crippen molar-refractivity contribution in [3.63, 3.8) is 0 Å². The maximum atomic E-state index is 11.3. The second kappa shape index (κ2) is 4.85. The number of nitrogens with one attached hydrogen (secondary N) is 1. The van der Waals surface area contributed by atoms with E-state index >= 15 is 0 Å². The quantitative estimate of drug-likeness (QED) is 0.725. The van der Waals surface area contributed by atoms with Crippen molar-refractivity contribution in [2.75, 3.05) is 5.33 Å². The van der Waals surface area contributed by atoms with Crippen LogP contribution in [0.5, 0.6) is 0 Å². The number of amides is 1. The fourth-order valence-corrected chi connectivity index (χ4v) is 1.74. The molecule has 1 fully saturated rings. The first-order chi connectivity index (χ1) is 5.76. The Morgan fingerprint density at radius 3 is 2.75 bits per heavy atom. The van der Waals surface area contributed by atoms with Gasteiger partial charge < -0.3 is 5.32 Å². The summed E-state index contributed by atoms with van der Waals surface area (Å²) in [6, 6.07) is 0.316. The van der Waals surface area contributed by atoms with Gasteiger partial charge in [-0.2, -0.15) is 0 Å². The van der Waals surface area contributed by atoms with Crippen LogP contribution in [-0.4, -0.2) is 17.3 Å². The Hall–Kier alpha value is -0.0500. The molecule has 12 heavy (non-hydrogen) atoms. The highest BCUT2D eigenvalue weighted by Gasteiger charge is 2.24. The molecule has 1 unspecified atom stereocenters. The van der Waals surface area contributed by atoms with Crippen LogP contribution in [0.3, 0.4) is 0 Å². The standard InChI is InChI=1S/C9H16BrNO/c1-2-8(6-10)11-9(12)5-7-3-4-7/h7-8H,2-6H2,1H3,(H,11,12). The number of carbonyl (C=O) groups excluding carboxylic acids is 1. The molecule has 0 aromatic rings. The largest absolute Gasteiger partial charge is 0.353 e. The molecule has 1 N–H and O–H groups in total. The van der Waals surface area contributed by atoms with E-state index in [0.717, 1.165) is 18.2 Å². The molecule has 70 valence electrons. The third-order valence-corrected chi connectivity index (χ3v) is 3.00. The minimum atomic E-state index is 0.226. The van der Waals surface area contributed by atoms with Crippen molar-refractivity contribution in [3.05, 3.63) is 0 Å². The lowest BCUT2D eigenvalue weighted by atomic mass is 10.2. The van der Waals surface area contributed by atoms with Gasteiger partial charge in [-0.25, -0.2) is 0 Å². The minimum absolute atomic E-state index is 0.226. The number of rotatable bonds is 5. The monoisotopic (exact) mass is 233 g/mol. The van der Waals surface area contributed by atoms with Crippen LogP contribution >= 0.6 is 15.9 Å². The summed E-state index contributed by atoms with van der Waals surface area (Å²) in [4.78, 5) is 11.3. The summed E-state index contributed by atoms with van der Waals surface area (Å²) in [7, 11) is 0. The third-order valence-electron chi connectivity index (χ3n) is 2.22. The molecular weight excluding hydrogens is 218 g/mol. The van der Waals surface area contributed by atoms with Crippen LogP contribution in [0.4, 0.5) is 0 Å². The molecule has 3 heteroatoms. The van der Waals surface area contributed by atoms with Gasteiger partial charge in [0.2, 0.25) is 5.91 Å². The highest BCUT2D eigenvalue weighted by Crippen LogP contribution is 2.32. The molecule has 0 aromatic carbocycles. The van der Waals surface area contributed by atoms with Gasteiger partial charge in [-0.05, 0) is 25.2 Å². The zero-order valence-corrected chi connectivity index (χ0v) is 9.06. The number of hydrogen-bond acceptors (Lipinski definition) is 1. The maximum absolute atomic E-state index is 11.3. The van der Waals surface area contributed by atoms with E-state index in [1.54, 1.807) is 0 Å². The topological polar surface area (TPSA) is 29.1 Å². The number of carbonyl (C=O) groups is 1. The smallest absolute Gasteiger partial charge is 0.220 e. The average molecular weight is 234 g/mol. The van der Waals surface area contributed by atoms with Gasteiger partial charge in [0, 0.05) is 17.8 Å². The average Bonchev–Trinajstić information content (AvgIpc) is 2.84. The SMILES string of the molecule is CCC(CBr)NC(=O)CC1CC1. The minimum Gasteiger partial charge on any atom is -0.353 e. The lowest BCUT2D eigenvalue weighted by Crippen LogP contribution is -2.35. The molecule has 1 atom stereocenters. The van der Waals surface area contributed by atoms with Gasteiger partial charge in [-0.15, -0.1) is 0 Å². The van der Waals surface area contributed by atoms with E-state index in [1.165, 1.54) is 12.8 Å². The highest BCUT2D eigenvalue weighted by atomic mass is 79.9. The van der Waals surface area contributed by atoms with E-state index < -0.39 is 0 Å². The van der Waals surface area contributed by atoms with Gasteiger partial charge in [0.25, 0.3) is 0 Å². The summed E-state index contributed by atoms with van der Waals surface area (Å²) in [5.74, 6) is 0.918. The van der Waals surface area contributed by atoms with Crippen LogP contribution in [-0.2, 0) is 4.79 Å². The van der Waals surface area contributed by atoms with E-state index in [-0.39, 0.29) is 5.91 Å². The number of hydrogen-bond donors (Lipinski definition) is 1. The molecule has 0 saturated heterocycles. The predicted octanol–water partition coefficient (Wildman–Crippen LogP) is 2.08. The van der Waals surface area contributed by atoms with E-state index in [1.807, 2.05) is 0 Å². The van der Waals surface area contributed by atoms with Crippen LogP contribution in [0.1, 0.15) is 32.6 Å². The summed E-state index contributed by atoms with van der Waals surface area (Å²) in [5, 5.41) is 3.86. The van der Waals surface area contributed by atoms with Crippen molar-refractivity contribution in [2.24, 2.45) is 5.92 Å². The zero-order valence-electron chi connectivity index (χ0n) is 7.48. The Kier molecular flexibility index (Phi) is 4.06. The Bertz CT molecular complexity index is 153. The van der Waals surface area contributed by atoms with Crippen LogP contribution in [0, 0.1) is 5.92 Å². The molecule has 1 amide bonds. The van der Waals surface area contributed by atoms with Gasteiger partial charge in [0.15, 0.2) is 0 Å². The van der Waals surface area contributed by atoms with E-state index in [4.69, 9.17) is 0 Å². The van der Waals surface area contributed by atoms with Gasteiger partial charge in [0.1, 0.15) is 0 Å². The van der Waals surface area contributed by atoms with Crippen LogP contribution < -0.4 is 5.32 Å². The lowest BCUT2D eigenvalue weighted by molar-refractivity contribution is -0.122. The Labute approximate surface area is 82.2 Å². The molecule has 0 heterocycles. The summed E-state index contributed by atoms with van der Waals surface area (Å²) in [6.45, 7) is 2.09.